The number of nitrogens with one attached hydrogen (secondary N) is 2. The molecule has 0 fully saturated rings. The van der Waals surface area contributed by atoms with E-state index in [1.165, 1.54) is 4.68 Å². The lowest BCUT2D eigenvalue weighted by molar-refractivity contribution is 0.783. The van der Waals surface area contributed by atoms with Crippen LogP contribution in [0, 0.1) is 0 Å². The van der Waals surface area contributed by atoms with Gasteiger partial charge in [-0.05, 0) is 6.07 Å². The summed E-state index contributed by atoms with van der Waals surface area (Å²) in [4.78, 5) is 12.5. The van der Waals surface area contributed by atoms with Crippen molar-refractivity contribution >= 4 is 11.9 Å². The molecule has 21 heavy (non-hydrogen) atoms. The fourth-order valence-electron chi connectivity index (χ4n) is 1.62. The Bertz CT molecular complexity index is 716. The second-order valence-corrected chi connectivity index (χ2v) is 4.09. The van der Waals surface area contributed by atoms with E-state index in [0.29, 0.717) is 18.4 Å². The lowest BCUT2D eigenvalue weighted by Gasteiger charge is -2.08. The number of hydrogen-bond acceptors (Lipinski definition) is 9. The summed E-state index contributed by atoms with van der Waals surface area (Å²) in [5.41, 5.74) is 2.40. The van der Waals surface area contributed by atoms with Crippen LogP contribution in [-0.2, 0) is 13.6 Å². The standard InChI is InChI=1S/C10H13N11/c1-20-6-13-19-7(20)5-12-8-15-9(18-11)17-10(16-8)21-4-2-3-14-21/h2-4,6H,5,11H2,1H3,(H2,12,15,16,17,18). The normalized spacial score (nSPS) is 10.6. The highest BCUT2D eigenvalue weighted by atomic mass is 15.4. The minimum Gasteiger partial charge on any atom is -0.347 e. The van der Waals surface area contributed by atoms with Gasteiger partial charge in [-0.1, -0.05) is 0 Å². The molecule has 3 heterocycles. The monoisotopic (exact) mass is 287 g/mol. The third kappa shape index (κ3) is 2.76. The van der Waals surface area contributed by atoms with Crippen molar-refractivity contribution in [3.63, 3.8) is 0 Å². The van der Waals surface area contributed by atoms with Crippen LogP contribution in [0.15, 0.2) is 24.8 Å². The number of aromatic nitrogens is 8. The van der Waals surface area contributed by atoms with Gasteiger partial charge in [-0.3, -0.25) is 5.43 Å². The molecule has 0 aliphatic rings. The van der Waals surface area contributed by atoms with Gasteiger partial charge in [-0.25, -0.2) is 10.5 Å². The highest BCUT2D eigenvalue weighted by Crippen LogP contribution is 2.08. The first-order chi connectivity index (χ1) is 10.3. The number of anilines is 2. The number of aryl methyl sites for hydroxylation is 1. The second-order valence-electron chi connectivity index (χ2n) is 4.09. The van der Waals surface area contributed by atoms with Crippen LogP contribution in [0.3, 0.4) is 0 Å². The van der Waals surface area contributed by atoms with E-state index in [-0.39, 0.29) is 5.95 Å². The van der Waals surface area contributed by atoms with Crippen molar-refractivity contribution in [2.45, 2.75) is 6.54 Å². The zero-order valence-electron chi connectivity index (χ0n) is 11.2. The van der Waals surface area contributed by atoms with E-state index in [0.717, 1.165) is 5.82 Å². The number of nitrogens with zero attached hydrogens (tertiary/aromatic N) is 8. The van der Waals surface area contributed by atoms with Crippen molar-refractivity contribution in [3.8, 4) is 5.95 Å². The molecule has 0 atom stereocenters. The van der Waals surface area contributed by atoms with Crippen molar-refractivity contribution in [2.75, 3.05) is 10.7 Å². The average Bonchev–Trinajstić information content (AvgIpc) is 3.16. The largest absolute Gasteiger partial charge is 0.347 e. The number of nitrogen functional groups attached to an aromatic ring is 1. The number of hydrazine groups is 1. The van der Waals surface area contributed by atoms with Crippen LogP contribution >= 0.6 is 0 Å². The first kappa shape index (κ1) is 12.9. The topological polar surface area (TPSA) is 137 Å². The third-order valence-electron chi connectivity index (χ3n) is 2.67. The second kappa shape index (κ2) is 5.50. The van der Waals surface area contributed by atoms with Crippen LogP contribution in [0.25, 0.3) is 5.95 Å². The van der Waals surface area contributed by atoms with E-state index >= 15 is 0 Å². The Morgan fingerprint density at radius 3 is 2.76 bits per heavy atom. The van der Waals surface area contributed by atoms with Gasteiger partial charge in [-0.15, -0.1) is 10.2 Å². The highest BCUT2D eigenvalue weighted by Gasteiger charge is 2.08. The summed E-state index contributed by atoms with van der Waals surface area (Å²) in [7, 11) is 1.85. The van der Waals surface area contributed by atoms with Gasteiger partial charge in [0.05, 0.1) is 6.54 Å². The van der Waals surface area contributed by atoms with Gasteiger partial charge >= 0.3 is 0 Å². The zero-order chi connectivity index (χ0) is 14.7. The Labute approximate surface area is 119 Å². The summed E-state index contributed by atoms with van der Waals surface area (Å²) in [5.74, 6) is 7.05. The molecule has 3 aromatic rings. The predicted octanol–water partition coefficient (Wildman–Crippen LogP) is -0.916. The average molecular weight is 287 g/mol. The van der Waals surface area contributed by atoms with Gasteiger partial charge in [0.25, 0.3) is 5.95 Å². The van der Waals surface area contributed by atoms with Crippen molar-refractivity contribution in [1.82, 2.24) is 39.5 Å². The molecule has 0 saturated heterocycles. The van der Waals surface area contributed by atoms with Crippen LogP contribution in [0.2, 0.25) is 0 Å². The Balaban J connectivity index is 1.84. The maximum atomic E-state index is 5.37. The van der Waals surface area contributed by atoms with E-state index in [2.05, 4.69) is 41.0 Å². The summed E-state index contributed by atoms with van der Waals surface area (Å²) in [5, 5.41) is 14.9. The Morgan fingerprint density at radius 1 is 1.24 bits per heavy atom. The molecule has 11 heteroatoms. The van der Waals surface area contributed by atoms with E-state index in [9.17, 15) is 0 Å². The van der Waals surface area contributed by atoms with E-state index < -0.39 is 0 Å². The van der Waals surface area contributed by atoms with Gasteiger partial charge in [0.1, 0.15) is 6.33 Å². The lowest BCUT2D eigenvalue weighted by Crippen LogP contribution is -2.16. The summed E-state index contributed by atoms with van der Waals surface area (Å²) >= 11 is 0. The Kier molecular flexibility index (Phi) is 3.39. The summed E-state index contributed by atoms with van der Waals surface area (Å²) in [6.45, 7) is 0.420. The molecule has 0 amide bonds. The van der Waals surface area contributed by atoms with E-state index in [4.69, 9.17) is 5.84 Å². The van der Waals surface area contributed by atoms with Crippen molar-refractivity contribution in [2.24, 2.45) is 12.9 Å². The molecule has 0 bridgehead atoms. The van der Waals surface area contributed by atoms with Crippen LogP contribution in [0.5, 0.6) is 0 Å². The van der Waals surface area contributed by atoms with Crippen LogP contribution < -0.4 is 16.6 Å². The SMILES string of the molecule is Cn1cnnc1CNc1nc(NN)nc(-n2cccn2)n1. The van der Waals surface area contributed by atoms with Gasteiger partial charge in [0.15, 0.2) is 5.82 Å². The molecule has 3 rings (SSSR count). The van der Waals surface area contributed by atoms with Gasteiger partial charge < -0.3 is 9.88 Å². The lowest BCUT2D eigenvalue weighted by atomic mass is 10.6. The van der Waals surface area contributed by atoms with Crippen molar-refractivity contribution in [1.29, 1.82) is 0 Å². The fourth-order valence-corrected chi connectivity index (χ4v) is 1.62. The molecule has 0 spiro atoms. The molecule has 0 saturated carbocycles. The van der Waals surface area contributed by atoms with Gasteiger partial charge in [0, 0.05) is 19.4 Å². The smallest absolute Gasteiger partial charge is 0.257 e. The van der Waals surface area contributed by atoms with E-state index in [1.807, 2.05) is 7.05 Å². The van der Waals surface area contributed by atoms with Gasteiger partial charge in [0.2, 0.25) is 11.9 Å². The molecule has 0 unspecified atom stereocenters. The zero-order valence-corrected chi connectivity index (χ0v) is 11.2. The molecular formula is C10H13N11. The minimum absolute atomic E-state index is 0.232. The summed E-state index contributed by atoms with van der Waals surface area (Å²) in [6.07, 6.45) is 4.97. The van der Waals surface area contributed by atoms with Crippen LogP contribution in [-0.4, -0.2) is 39.5 Å². The molecule has 11 nitrogen and oxygen atoms in total. The number of nitrogens with two attached hydrogens (primary N) is 1. The Morgan fingerprint density at radius 2 is 2.10 bits per heavy atom. The first-order valence-corrected chi connectivity index (χ1v) is 6.05. The molecule has 4 N–H and O–H groups in total. The molecule has 0 radical (unpaired) electrons. The molecule has 0 aromatic carbocycles. The fraction of sp³-hybridized carbons (Fsp3) is 0.200. The summed E-state index contributed by atoms with van der Waals surface area (Å²) < 4.78 is 3.31. The van der Waals surface area contributed by atoms with Crippen molar-refractivity contribution in [3.05, 3.63) is 30.6 Å². The molecule has 108 valence electrons. The third-order valence-corrected chi connectivity index (χ3v) is 2.67. The molecule has 3 aromatic heterocycles. The quantitative estimate of drug-likeness (QED) is 0.402. The predicted molar refractivity (Wildman–Crippen MR) is 73.1 cm³/mol. The number of rotatable bonds is 5. The van der Waals surface area contributed by atoms with Crippen LogP contribution in [0.1, 0.15) is 5.82 Å². The first-order valence-electron chi connectivity index (χ1n) is 6.05. The Hall–Kier alpha value is -3.08. The maximum absolute atomic E-state index is 5.37. The molecule has 0 aliphatic carbocycles. The minimum atomic E-state index is 0.232. The maximum Gasteiger partial charge on any atom is 0.257 e. The molecule has 0 aliphatic heterocycles. The number of hydrogen-bond donors (Lipinski definition) is 3. The van der Waals surface area contributed by atoms with Crippen molar-refractivity contribution < 1.29 is 0 Å². The highest BCUT2D eigenvalue weighted by molar-refractivity contribution is 5.36. The summed E-state index contributed by atoms with van der Waals surface area (Å²) in [6, 6.07) is 1.77. The van der Waals surface area contributed by atoms with Gasteiger partial charge in [-0.2, -0.15) is 20.1 Å². The molecular weight excluding hydrogens is 274 g/mol. The van der Waals surface area contributed by atoms with E-state index in [1.54, 1.807) is 29.4 Å². The van der Waals surface area contributed by atoms with Crippen LogP contribution in [0.4, 0.5) is 11.9 Å².